The molecule has 5 rings (SSSR count). The smallest absolute Gasteiger partial charge is 0.160 e. The Labute approximate surface area is 160 Å². The van der Waals surface area contributed by atoms with Crippen LogP contribution in [0.5, 0.6) is 0 Å². The van der Waals surface area contributed by atoms with Crippen molar-refractivity contribution in [3.63, 3.8) is 0 Å². The van der Waals surface area contributed by atoms with E-state index in [1.54, 1.807) is 18.2 Å². The Morgan fingerprint density at radius 3 is 2.54 bits per heavy atom. The molecule has 0 saturated carbocycles. The molecule has 0 radical (unpaired) electrons. The summed E-state index contributed by atoms with van der Waals surface area (Å²) in [6.07, 6.45) is 2.76. The molecule has 0 atom stereocenters. The minimum Gasteiger partial charge on any atom is -0.353 e. The monoisotopic (exact) mass is 386 g/mol. The van der Waals surface area contributed by atoms with Crippen molar-refractivity contribution in [3.8, 4) is 0 Å². The number of aromatic nitrogens is 3. The highest BCUT2D eigenvalue weighted by Crippen LogP contribution is 2.34. The van der Waals surface area contributed by atoms with Crippen LogP contribution >= 0.6 is 23.2 Å². The van der Waals surface area contributed by atoms with Crippen molar-refractivity contribution in [3.05, 3.63) is 46.7 Å². The van der Waals surface area contributed by atoms with Crippen LogP contribution in [0.15, 0.2) is 36.7 Å². The van der Waals surface area contributed by atoms with E-state index < -0.39 is 0 Å². The molecule has 2 saturated heterocycles. The van der Waals surface area contributed by atoms with Gasteiger partial charge in [-0.1, -0.05) is 23.2 Å². The van der Waals surface area contributed by atoms with E-state index in [4.69, 9.17) is 28.2 Å². The molecule has 1 spiro atoms. The molecule has 2 aromatic heterocycles. The molecule has 2 aliphatic rings. The highest BCUT2D eigenvalue weighted by Gasteiger charge is 2.47. The lowest BCUT2D eigenvalue weighted by atomic mass is 9.80. The van der Waals surface area contributed by atoms with E-state index in [0.29, 0.717) is 21.4 Å². The van der Waals surface area contributed by atoms with Crippen LogP contribution in [0.1, 0.15) is 6.42 Å². The molecule has 2 N–H and O–H groups in total. The second kappa shape index (κ2) is 5.94. The number of halogens is 2. The van der Waals surface area contributed by atoms with Gasteiger partial charge in [0.1, 0.15) is 17.7 Å². The molecule has 2 fully saturated rings. The molecule has 1 aromatic carbocycles. The van der Waals surface area contributed by atoms with Crippen LogP contribution in [0.4, 0.5) is 17.3 Å². The van der Waals surface area contributed by atoms with Gasteiger partial charge in [0.05, 0.1) is 11.1 Å². The van der Waals surface area contributed by atoms with Crippen molar-refractivity contribution in [2.75, 3.05) is 29.9 Å². The molecular formula is C18H16Cl2N6. The third-order valence-electron chi connectivity index (χ3n) is 5.01. The fourth-order valence-electron chi connectivity index (χ4n) is 3.56. The number of benzene rings is 1. The van der Waals surface area contributed by atoms with Crippen molar-refractivity contribution >= 4 is 51.6 Å². The van der Waals surface area contributed by atoms with E-state index in [1.807, 2.05) is 12.1 Å². The number of nitrogens with zero attached hydrogens (tertiary/aromatic N) is 4. The number of hydrogen-bond acceptors (Lipinski definition) is 6. The first kappa shape index (κ1) is 16.1. The molecule has 3 aromatic rings. The summed E-state index contributed by atoms with van der Waals surface area (Å²) >= 11 is 12.2. The maximum Gasteiger partial charge on any atom is 0.160 e. The van der Waals surface area contributed by atoms with Crippen molar-refractivity contribution in [1.29, 1.82) is 0 Å². The Balaban J connectivity index is 1.48. The molecule has 0 bridgehead atoms. The number of anilines is 3. The molecular weight excluding hydrogens is 371 g/mol. The highest BCUT2D eigenvalue weighted by molar-refractivity contribution is 6.35. The summed E-state index contributed by atoms with van der Waals surface area (Å²) in [5.41, 5.74) is 2.58. The van der Waals surface area contributed by atoms with Crippen LogP contribution in [0.3, 0.4) is 0 Å². The zero-order valence-corrected chi connectivity index (χ0v) is 15.3. The summed E-state index contributed by atoms with van der Waals surface area (Å²) < 4.78 is 0. The molecule has 4 heterocycles. The summed E-state index contributed by atoms with van der Waals surface area (Å²) in [7, 11) is 0. The second-order valence-electron chi connectivity index (χ2n) is 6.86. The topological polar surface area (TPSA) is 66.0 Å². The zero-order valence-electron chi connectivity index (χ0n) is 13.8. The van der Waals surface area contributed by atoms with Gasteiger partial charge < -0.3 is 15.5 Å². The zero-order chi connectivity index (χ0) is 17.7. The minimum absolute atomic E-state index is 0.308. The van der Waals surface area contributed by atoms with Gasteiger partial charge in [-0.15, -0.1) is 0 Å². The van der Waals surface area contributed by atoms with Crippen molar-refractivity contribution < 1.29 is 0 Å². The van der Waals surface area contributed by atoms with Crippen LogP contribution in [0.2, 0.25) is 10.0 Å². The Morgan fingerprint density at radius 2 is 1.85 bits per heavy atom. The van der Waals surface area contributed by atoms with E-state index in [2.05, 4.69) is 25.5 Å². The minimum atomic E-state index is 0.308. The third-order valence-corrected chi connectivity index (χ3v) is 5.44. The molecule has 0 aliphatic carbocycles. The number of fused-ring (bicyclic) bond motifs is 1. The van der Waals surface area contributed by atoms with Gasteiger partial charge in [-0.05, 0) is 43.3 Å². The number of nitrogens with one attached hydrogen (secondary N) is 2. The average Bonchev–Trinajstić information content (AvgIpc) is 2.52. The Bertz CT molecular complexity index is 976. The maximum atomic E-state index is 6.09. The largest absolute Gasteiger partial charge is 0.353 e. The normalized spacial score (nSPS) is 17.8. The standard InChI is InChI=1S/C18H16Cl2N6/c19-11-5-12(20)7-13(6-11)24-17-16-14(21-10-22-17)1-2-15(25-16)26-8-18(9-26)3-4-23-18/h1-2,5-7,10,23H,3-4,8-9H2,(H,21,22,24). The summed E-state index contributed by atoms with van der Waals surface area (Å²) in [6, 6.07) is 9.28. The van der Waals surface area contributed by atoms with Gasteiger partial charge in [-0.3, -0.25) is 0 Å². The predicted octanol–water partition coefficient (Wildman–Crippen LogP) is 3.63. The molecule has 0 unspecified atom stereocenters. The fourth-order valence-corrected chi connectivity index (χ4v) is 4.08. The molecule has 0 amide bonds. The van der Waals surface area contributed by atoms with E-state index in [-0.39, 0.29) is 0 Å². The van der Waals surface area contributed by atoms with Gasteiger partial charge in [-0.2, -0.15) is 0 Å². The Kier molecular flexibility index (Phi) is 3.67. The molecule has 132 valence electrons. The third kappa shape index (κ3) is 2.74. The van der Waals surface area contributed by atoms with Gasteiger partial charge in [0.25, 0.3) is 0 Å². The van der Waals surface area contributed by atoms with E-state index >= 15 is 0 Å². The number of pyridine rings is 1. The fraction of sp³-hybridized carbons (Fsp3) is 0.278. The van der Waals surface area contributed by atoms with E-state index in [9.17, 15) is 0 Å². The number of hydrogen-bond donors (Lipinski definition) is 2. The van der Waals surface area contributed by atoms with Gasteiger partial charge in [0.15, 0.2) is 5.82 Å². The number of rotatable bonds is 3. The lowest BCUT2D eigenvalue weighted by molar-refractivity contribution is 0.159. The summed E-state index contributed by atoms with van der Waals surface area (Å²) in [4.78, 5) is 15.8. The summed E-state index contributed by atoms with van der Waals surface area (Å²) in [5, 5.41) is 7.90. The Morgan fingerprint density at radius 1 is 1.08 bits per heavy atom. The molecule has 6 nitrogen and oxygen atoms in total. The van der Waals surface area contributed by atoms with E-state index in [1.165, 1.54) is 12.7 Å². The van der Waals surface area contributed by atoms with E-state index in [0.717, 1.165) is 42.2 Å². The van der Waals surface area contributed by atoms with Crippen molar-refractivity contribution in [2.24, 2.45) is 0 Å². The first-order valence-electron chi connectivity index (χ1n) is 8.45. The first-order valence-corrected chi connectivity index (χ1v) is 9.21. The van der Waals surface area contributed by atoms with Crippen LogP contribution in [-0.4, -0.2) is 40.1 Å². The van der Waals surface area contributed by atoms with Crippen molar-refractivity contribution in [2.45, 2.75) is 12.0 Å². The van der Waals surface area contributed by atoms with Gasteiger partial charge in [-0.25, -0.2) is 15.0 Å². The first-order chi connectivity index (χ1) is 12.6. The lowest BCUT2D eigenvalue weighted by Gasteiger charge is -2.56. The molecule has 8 heteroatoms. The summed E-state index contributed by atoms with van der Waals surface area (Å²) in [5.74, 6) is 1.57. The van der Waals surface area contributed by atoms with Gasteiger partial charge >= 0.3 is 0 Å². The second-order valence-corrected chi connectivity index (χ2v) is 7.73. The average molecular weight is 387 g/mol. The van der Waals surface area contributed by atoms with Crippen LogP contribution < -0.4 is 15.5 Å². The summed E-state index contributed by atoms with van der Waals surface area (Å²) in [6.45, 7) is 3.10. The van der Waals surface area contributed by atoms with Gasteiger partial charge in [0, 0.05) is 28.8 Å². The highest BCUT2D eigenvalue weighted by atomic mass is 35.5. The van der Waals surface area contributed by atoms with Crippen LogP contribution in [0.25, 0.3) is 11.0 Å². The molecule has 2 aliphatic heterocycles. The van der Waals surface area contributed by atoms with Crippen molar-refractivity contribution in [1.82, 2.24) is 20.3 Å². The maximum absolute atomic E-state index is 6.09. The van der Waals surface area contributed by atoms with Gasteiger partial charge in [0.2, 0.25) is 0 Å². The quantitative estimate of drug-likeness (QED) is 0.716. The predicted molar refractivity (Wildman–Crippen MR) is 105 cm³/mol. The Hall–Kier alpha value is -2.15. The molecule has 26 heavy (non-hydrogen) atoms. The van der Waals surface area contributed by atoms with Crippen LogP contribution in [0, 0.1) is 0 Å². The SMILES string of the molecule is Clc1cc(Cl)cc(Nc2ncnc3ccc(N4CC5(CCN5)C4)nc23)c1. The van der Waals surface area contributed by atoms with Crippen LogP contribution in [-0.2, 0) is 0 Å². The lowest BCUT2D eigenvalue weighted by Crippen LogP contribution is -2.76.